The number of likely N-dealkylation sites (tertiary alicyclic amines) is 1. The minimum atomic E-state index is -4.34. The second-order valence-corrected chi connectivity index (χ2v) is 5.95. The van der Waals surface area contributed by atoms with Gasteiger partial charge in [-0.05, 0) is 44.9 Å². The number of benzene rings is 1. The lowest BCUT2D eigenvalue weighted by Crippen LogP contribution is -2.44. The van der Waals surface area contributed by atoms with Crippen molar-refractivity contribution in [2.75, 3.05) is 13.1 Å². The fourth-order valence-corrected chi connectivity index (χ4v) is 3.17. The van der Waals surface area contributed by atoms with E-state index in [0.717, 1.165) is 25.5 Å². The number of alkyl halides is 3. The first-order valence-corrected chi connectivity index (χ1v) is 6.90. The molecule has 2 N–H and O–H groups in total. The highest BCUT2D eigenvalue weighted by atomic mass is 19.4. The molecule has 1 aromatic rings. The average molecular weight is 286 g/mol. The van der Waals surface area contributed by atoms with Crippen LogP contribution in [0.2, 0.25) is 0 Å². The Hall–Kier alpha value is -1.07. The molecular formula is C15H21F3N2. The first kappa shape index (κ1) is 15.3. The van der Waals surface area contributed by atoms with Crippen molar-refractivity contribution in [2.24, 2.45) is 5.73 Å². The molecule has 1 heterocycles. The summed E-state index contributed by atoms with van der Waals surface area (Å²) in [5, 5.41) is 0. The van der Waals surface area contributed by atoms with Crippen molar-refractivity contribution < 1.29 is 13.2 Å². The molecule has 2 rings (SSSR count). The summed E-state index contributed by atoms with van der Waals surface area (Å²) in [6, 6.07) is 5.38. The first-order chi connectivity index (χ1) is 9.27. The van der Waals surface area contributed by atoms with Crippen LogP contribution in [0.1, 0.15) is 43.9 Å². The molecular weight excluding hydrogens is 265 g/mol. The monoisotopic (exact) mass is 286 g/mol. The van der Waals surface area contributed by atoms with Crippen LogP contribution >= 0.6 is 0 Å². The van der Waals surface area contributed by atoms with Gasteiger partial charge in [-0.25, -0.2) is 0 Å². The third-order valence-corrected chi connectivity index (χ3v) is 4.19. The number of nitrogens with two attached hydrogens (primary N) is 1. The summed E-state index contributed by atoms with van der Waals surface area (Å²) in [6.45, 7) is 5.12. The molecule has 5 heteroatoms. The van der Waals surface area contributed by atoms with E-state index in [1.807, 2.05) is 0 Å². The number of hydrogen-bond donors (Lipinski definition) is 1. The molecule has 2 nitrogen and oxygen atoms in total. The Morgan fingerprint density at radius 3 is 2.45 bits per heavy atom. The summed E-state index contributed by atoms with van der Waals surface area (Å²) in [6.07, 6.45) is -2.36. The predicted octanol–water partition coefficient (Wildman–Crippen LogP) is 3.58. The predicted molar refractivity (Wildman–Crippen MR) is 73.3 cm³/mol. The fourth-order valence-electron chi connectivity index (χ4n) is 3.17. The second-order valence-electron chi connectivity index (χ2n) is 5.95. The average Bonchev–Trinajstić information content (AvgIpc) is 2.70. The molecule has 0 spiro atoms. The van der Waals surface area contributed by atoms with Crippen LogP contribution in [-0.2, 0) is 6.18 Å². The van der Waals surface area contributed by atoms with Crippen molar-refractivity contribution in [3.63, 3.8) is 0 Å². The Balaban J connectivity index is 2.43. The zero-order valence-electron chi connectivity index (χ0n) is 11.9. The minimum absolute atomic E-state index is 0.108. The van der Waals surface area contributed by atoms with Gasteiger partial charge in [0.15, 0.2) is 0 Å². The van der Waals surface area contributed by atoms with Crippen LogP contribution in [-0.4, -0.2) is 23.5 Å². The van der Waals surface area contributed by atoms with Crippen molar-refractivity contribution in [2.45, 2.75) is 44.4 Å². The topological polar surface area (TPSA) is 29.3 Å². The minimum Gasteiger partial charge on any atom is -0.329 e. The highest BCUT2D eigenvalue weighted by Gasteiger charge is 2.41. The number of rotatable bonds is 3. The van der Waals surface area contributed by atoms with Crippen molar-refractivity contribution in [3.8, 4) is 0 Å². The molecule has 0 radical (unpaired) electrons. The van der Waals surface area contributed by atoms with E-state index >= 15 is 0 Å². The van der Waals surface area contributed by atoms with Crippen molar-refractivity contribution >= 4 is 0 Å². The van der Waals surface area contributed by atoms with Crippen LogP contribution in [0.5, 0.6) is 0 Å². The molecule has 1 fully saturated rings. The van der Waals surface area contributed by atoms with Gasteiger partial charge < -0.3 is 5.73 Å². The van der Waals surface area contributed by atoms with E-state index in [4.69, 9.17) is 5.73 Å². The number of halogens is 3. The standard InChI is InChI=1S/C15H21F3N2/c1-14(2)8-5-9-20(14)13(10-19)11-6-3-4-7-12(11)15(16,17)18/h3-4,6-7,13H,5,8-10,19H2,1-2H3. The molecule has 0 saturated carbocycles. The summed E-state index contributed by atoms with van der Waals surface area (Å²) in [7, 11) is 0. The quantitative estimate of drug-likeness (QED) is 0.920. The fraction of sp³-hybridized carbons (Fsp3) is 0.600. The molecule has 1 aromatic carbocycles. The van der Waals surface area contributed by atoms with Crippen molar-refractivity contribution in [1.82, 2.24) is 4.90 Å². The molecule has 20 heavy (non-hydrogen) atoms. The summed E-state index contributed by atoms with van der Waals surface area (Å²) in [4.78, 5) is 2.11. The Morgan fingerprint density at radius 1 is 1.30 bits per heavy atom. The summed E-state index contributed by atoms with van der Waals surface area (Å²) >= 11 is 0. The normalized spacial score (nSPS) is 21.1. The van der Waals surface area contributed by atoms with E-state index in [2.05, 4.69) is 18.7 Å². The highest BCUT2D eigenvalue weighted by Crippen LogP contribution is 2.40. The third kappa shape index (κ3) is 2.83. The van der Waals surface area contributed by atoms with E-state index in [1.54, 1.807) is 12.1 Å². The maximum atomic E-state index is 13.2. The Bertz CT molecular complexity index is 468. The zero-order valence-corrected chi connectivity index (χ0v) is 11.9. The van der Waals surface area contributed by atoms with Gasteiger partial charge in [0, 0.05) is 18.1 Å². The molecule has 0 aliphatic carbocycles. The lowest BCUT2D eigenvalue weighted by Gasteiger charge is -2.39. The molecule has 112 valence electrons. The van der Waals surface area contributed by atoms with Gasteiger partial charge in [0.05, 0.1) is 5.56 Å². The summed E-state index contributed by atoms with van der Waals surface area (Å²) in [5.74, 6) is 0. The van der Waals surface area contributed by atoms with E-state index < -0.39 is 11.7 Å². The van der Waals surface area contributed by atoms with Gasteiger partial charge in [-0.15, -0.1) is 0 Å². The van der Waals surface area contributed by atoms with Gasteiger partial charge in [-0.3, -0.25) is 4.90 Å². The van der Waals surface area contributed by atoms with Crippen molar-refractivity contribution in [3.05, 3.63) is 35.4 Å². The third-order valence-electron chi connectivity index (χ3n) is 4.19. The Labute approximate surface area is 117 Å². The first-order valence-electron chi connectivity index (χ1n) is 6.90. The molecule has 0 amide bonds. The lowest BCUT2D eigenvalue weighted by atomic mass is 9.94. The lowest BCUT2D eigenvalue weighted by molar-refractivity contribution is -0.139. The van der Waals surface area contributed by atoms with Gasteiger partial charge in [0.1, 0.15) is 0 Å². The van der Waals surface area contributed by atoms with E-state index in [-0.39, 0.29) is 23.7 Å². The maximum absolute atomic E-state index is 13.2. The second kappa shape index (κ2) is 5.37. The van der Waals surface area contributed by atoms with Gasteiger partial charge >= 0.3 is 6.18 Å². The van der Waals surface area contributed by atoms with Crippen molar-refractivity contribution in [1.29, 1.82) is 0 Å². The highest BCUT2D eigenvalue weighted by molar-refractivity contribution is 5.33. The molecule has 1 aliphatic heterocycles. The van der Waals surface area contributed by atoms with Gasteiger partial charge in [0.2, 0.25) is 0 Å². The van der Waals surface area contributed by atoms with Gasteiger partial charge in [-0.1, -0.05) is 18.2 Å². The van der Waals surface area contributed by atoms with Gasteiger partial charge in [0.25, 0.3) is 0 Å². The molecule has 1 aliphatic rings. The van der Waals surface area contributed by atoms with E-state index in [9.17, 15) is 13.2 Å². The van der Waals surface area contributed by atoms with Crippen LogP contribution in [0.15, 0.2) is 24.3 Å². The zero-order chi connectivity index (χ0) is 15.0. The molecule has 1 atom stereocenters. The van der Waals surface area contributed by atoms with Crippen LogP contribution in [0.3, 0.4) is 0 Å². The largest absolute Gasteiger partial charge is 0.416 e. The SMILES string of the molecule is CC1(C)CCCN1C(CN)c1ccccc1C(F)(F)F. The van der Waals surface area contributed by atoms with Crippen LogP contribution in [0.25, 0.3) is 0 Å². The summed E-state index contributed by atoms with van der Waals surface area (Å²) in [5.41, 5.74) is 5.42. The number of nitrogens with zero attached hydrogens (tertiary/aromatic N) is 1. The Morgan fingerprint density at radius 2 is 1.95 bits per heavy atom. The molecule has 0 aromatic heterocycles. The summed E-state index contributed by atoms with van der Waals surface area (Å²) < 4.78 is 39.5. The van der Waals surface area contributed by atoms with Crippen LogP contribution in [0.4, 0.5) is 13.2 Å². The van der Waals surface area contributed by atoms with Crippen LogP contribution in [0, 0.1) is 0 Å². The van der Waals surface area contributed by atoms with Gasteiger partial charge in [-0.2, -0.15) is 13.2 Å². The smallest absolute Gasteiger partial charge is 0.329 e. The van der Waals surface area contributed by atoms with Crippen LogP contribution < -0.4 is 5.73 Å². The maximum Gasteiger partial charge on any atom is 0.416 e. The molecule has 1 saturated heterocycles. The Kier molecular flexibility index (Phi) is 4.12. The van der Waals surface area contributed by atoms with E-state index in [1.165, 1.54) is 6.07 Å². The van der Waals surface area contributed by atoms with E-state index in [0.29, 0.717) is 0 Å². The molecule has 0 bridgehead atoms. The number of hydrogen-bond acceptors (Lipinski definition) is 2. The molecule has 1 unspecified atom stereocenters.